The first-order valence-corrected chi connectivity index (χ1v) is 11.0. The van der Waals surface area contributed by atoms with Crippen molar-refractivity contribution in [1.29, 1.82) is 0 Å². The van der Waals surface area contributed by atoms with Crippen LogP contribution in [0.2, 0.25) is 5.02 Å². The number of carbonyl (C=O) groups is 3. The molecule has 6 nitrogen and oxygen atoms in total. The maximum atomic E-state index is 13.2. The van der Waals surface area contributed by atoms with E-state index in [4.69, 9.17) is 21.4 Å². The van der Waals surface area contributed by atoms with Gasteiger partial charge in [-0.3, -0.25) is 14.5 Å². The van der Waals surface area contributed by atoms with Gasteiger partial charge in [0.15, 0.2) is 6.61 Å². The molecule has 0 unspecified atom stereocenters. The Labute approximate surface area is 196 Å². The predicted molar refractivity (Wildman–Crippen MR) is 118 cm³/mol. The van der Waals surface area contributed by atoms with Gasteiger partial charge in [0.1, 0.15) is 11.6 Å². The normalized spacial score (nSPS) is 15.2. The molecule has 3 rings (SSSR count). The molecule has 156 valence electrons. The van der Waals surface area contributed by atoms with Crippen LogP contribution >= 0.6 is 55.2 Å². The number of carboxylic acids is 1. The van der Waals surface area contributed by atoms with Crippen LogP contribution in [-0.2, 0) is 16.1 Å². The van der Waals surface area contributed by atoms with E-state index in [-0.39, 0.29) is 16.5 Å². The number of carbonyl (C=O) groups excluding carboxylic acids is 2. The van der Waals surface area contributed by atoms with Crippen LogP contribution in [0.4, 0.5) is 9.18 Å². The van der Waals surface area contributed by atoms with Crippen LogP contribution in [0, 0.1) is 5.82 Å². The summed E-state index contributed by atoms with van der Waals surface area (Å²) in [6, 6.07) is 7.02. The first-order valence-electron chi connectivity index (χ1n) is 8.18. The summed E-state index contributed by atoms with van der Waals surface area (Å²) in [5, 5.41) is 8.41. The Hall–Kier alpha value is -1.88. The summed E-state index contributed by atoms with van der Waals surface area (Å²) in [5.74, 6) is -1.82. The van der Waals surface area contributed by atoms with Crippen LogP contribution in [0.3, 0.4) is 0 Å². The van der Waals surface area contributed by atoms with Gasteiger partial charge in [0.2, 0.25) is 0 Å². The lowest BCUT2D eigenvalue weighted by atomic mass is 10.2. The van der Waals surface area contributed by atoms with Gasteiger partial charge < -0.3 is 9.84 Å². The summed E-state index contributed by atoms with van der Waals surface area (Å²) < 4.78 is 19.4. The van der Waals surface area contributed by atoms with Gasteiger partial charge in [0.25, 0.3) is 11.1 Å². The fraction of sp³-hybridized carbons (Fsp3) is 0.105. The molecule has 1 saturated heterocycles. The Morgan fingerprint density at radius 2 is 1.90 bits per heavy atom. The van der Waals surface area contributed by atoms with Crippen LogP contribution in [0.15, 0.2) is 44.2 Å². The standard InChI is InChI=1S/C19H11Br2ClFNO5S/c20-12-3-9(4-13(21)17(12)29-8-16(25)26)5-15-18(27)24(19(28)30-15)7-10-1-2-11(23)6-14(10)22/h1-6H,7-8H2,(H,25,26)/b15-5-. The lowest BCUT2D eigenvalue weighted by Crippen LogP contribution is -2.27. The van der Waals surface area contributed by atoms with E-state index in [0.717, 1.165) is 22.7 Å². The number of amides is 2. The maximum Gasteiger partial charge on any atom is 0.341 e. The number of halogens is 4. The van der Waals surface area contributed by atoms with E-state index in [1.165, 1.54) is 18.2 Å². The second-order valence-corrected chi connectivity index (χ2v) is 9.11. The van der Waals surface area contributed by atoms with Crippen LogP contribution < -0.4 is 4.74 Å². The number of aliphatic carboxylic acids is 1. The van der Waals surface area contributed by atoms with Crippen molar-refractivity contribution in [2.75, 3.05) is 6.61 Å². The third-order valence-corrected chi connectivity index (χ3v) is 6.31. The topological polar surface area (TPSA) is 83.9 Å². The van der Waals surface area contributed by atoms with Gasteiger partial charge in [-0.1, -0.05) is 17.7 Å². The van der Waals surface area contributed by atoms with Crippen molar-refractivity contribution in [1.82, 2.24) is 4.90 Å². The number of nitrogens with zero attached hydrogens (tertiary/aromatic N) is 1. The smallest absolute Gasteiger partial charge is 0.341 e. The van der Waals surface area contributed by atoms with Crippen molar-refractivity contribution < 1.29 is 28.6 Å². The summed E-state index contributed by atoms with van der Waals surface area (Å²) in [7, 11) is 0. The van der Waals surface area contributed by atoms with Crippen molar-refractivity contribution in [3.8, 4) is 5.75 Å². The molecule has 0 spiro atoms. The lowest BCUT2D eigenvalue weighted by molar-refractivity contribution is -0.139. The number of carboxylic acid groups (broad SMARTS) is 1. The zero-order valence-corrected chi connectivity index (χ0v) is 19.6. The van der Waals surface area contributed by atoms with Crippen LogP contribution in [0.25, 0.3) is 6.08 Å². The summed E-state index contributed by atoms with van der Waals surface area (Å²) in [5.41, 5.74) is 1.04. The number of ether oxygens (including phenoxy) is 1. The van der Waals surface area contributed by atoms with E-state index < -0.39 is 29.5 Å². The van der Waals surface area contributed by atoms with E-state index in [2.05, 4.69) is 31.9 Å². The first kappa shape index (κ1) is 22.8. The van der Waals surface area contributed by atoms with E-state index >= 15 is 0 Å². The molecule has 1 aliphatic rings. The number of benzene rings is 2. The molecule has 0 saturated carbocycles. The molecule has 1 aliphatic heterocycles. The highest BCUT2D eigenvalue weighted by Gasteiger charge is 2.35. The molecule has 0 bridgehead atoms. The Morgan fingerprint density at radius 3 is 2.50 bits per heavy atom. The number of hydrogen-bond acceptors (Lipinski definition) is 5. The summed E-state index contributed by atoms with van der Waals surface area (Å²) in [6.07, 6.45) is 1.54. The molecule has 1 N–H and O–H groups in total. The molecule has 0 radical (unpaired) electrons. The Kier molecular flexibility index (Phi) is 7.22. The molecule has 2 aromatic rings. The van der Waals surface area contributed by atoms with Crippen molar-refractivity contribution in [3.63, 3.8) is 0 Å². The average Bonchev–Trinajstić information content (AvgIpc) is 2.90. The molecule has 1 heterocycles. The average molecular weight is 580 g/mol. The van der Waals surface area contributed by atoms with E-state index in [1.54, 1.807) is 12.1 Å². The minimum atomic E-state index is -1.12. The van der Waals surface area contributed by atoms with Crippen molar-refractivity contribution >= 4 is 78.4 Å². The second-order valence-electron chi connectivity index (χ2n) is 6.00. The van der Waals surface area contributed by atoms with Crippen LogP contribution in [-0.4, -0.2) is 33.7 Å². The molecule has 0 atom stereocenters. The lowest BCUT2D eigenvalue weighted by Gasteiger charge is -2.13. The molecular weight excluding hydrogens is 569 g/mol. The molecule has 11 heteroatoms. The third-order valence-electron chi connectivity index (χ3n) is 3.88. The number of thioether (sulfide) groups is 1. The largest absolute Gasteiger partial charge is 0.480 e. The quantitative estimate of drug-likeness (QED) is 0.442. The SMILES string of the molecule is O=C(O)COc1c(Br)cc(/C=C2\SC(=O)N(Cc3ccc(F)cc3Cl)C2=O)cc1Br. The number of rotatable bonds is 6. The predicted octanol–water partition coefficient (Wildman–Crippen LogP) is 5.70. The molecule has 2 amide bonds. The van der Waals surface area contributed by atoms with Crippen molar-refractivity contribution in [2.45, 2.75) is 6.54 Å². The first-order chi connectivity index (χ1) is 14.2. The van der Waals surface area contributed by atoms with Crippen molar-refractivity contribution in [2.24, 2.45) is 0 Å². The molecule has 0 aliphatic carbocycles. The van der Waals surface area contributed by atoms with Gasteiger partial charge in [-0.05, 0) is 85.1 Å². The minimum absolute atomic E-state index is 0.0729. The van der Waals surface area contributed by atoms with Gasteiger partial charge in [-0.25, -0.2) is 9.18 Å². The Balaban J connectivity index is 1.82. The highest BCUT2D eigenvalue weighted by atomic mass is 79.9. The Bertz CT molecular complexity index is 1070. The van der Waals surface area contributed by atoms with Gasteiger partial charge in [0, 0.05) is 5.02 Å². The monoisotopic (exact) mass is 577 g/mol. The van der Waals surface area contributed by atoms with Crippen LogP contribution in [0.1, 0.15) is 11.1 Å². The third kappa shape index (κ3) is 5.23. The van der Waals surface area contributed by atoms with Gasteiger partial charge in [-0.15, -0.1) is 0 Å². The summed E-state index contributed by atoms with van der Waals surface area (Å²) >= 11 is 13.4. The summed E-state index contributed by atoms with van der Waals surface area (Å²) in [6.45, 7) is -0.585. The summed E-state index contributed by atoms with van der Waals surface area (Å²) in [4.78, 5) is 36.9. The highest BCUT2D eigenvalue weighted by Crippen LogP contribution is 2.38. The molecule has 1 fully saturated rings. The molecular formula is C19H11Br2ClFNO5S. The zero-order valence-electron chi connectivity index (χ0n) is 14.8. The number of hydrogen-bond donors (Lipinski definition) is 1. The van der Waals surface area contributed by atoms with Crippen LogP contribution in [0.5, 0.6) is 5.75 Å². The zero-order chi connectivity index (χ0) is 22.0. The fourth-order valence-electron chi connectivity index (χ4n) is 2.54. The van der Waals surface area contributed by atoms with Gasteiger partial charge in [0.05, 0.1) is 20.4 Å². The van der Waals surface area contributed by atoms with Gasteiger partial charge >= 0.3 is 5.97 Å². The minimum Gasteiger partial charge on any atom is -0.480 e. The molecule has 2 aromatic carbocycles. The highest BCUT2D eigenvalue weighted by molar-refractivity contribution is 9.11. The van der Waals surface area contributed by atoms with E-state index in [0.29, 0.717) is 25.8 Å². The van der Waals surface area contributed by atoms with Crippen molar-refractivity contribution in [3.05, 3.63) is 66.1 Å². The van der Waals surface area contributed by atoms with E-state index in [9.17, 15) is 18.8 Å². The number of imide groups is 1. The maximum absolute atomic E-state index is 13.2. The molecule has 30 heavy (non-hydrogen) atoms. The van der Waals surface area contributed by atoms with E-state index in [1.807, 2.05) is 0 Å². The second kappa shape index (κ2) is 9.51. The fourth-order valence-corrected chi connectivity index (χ4v) is 5.06. The molecule has 0 aromatic heterocycles. The van der Waals surface area contributed by atoms with Gasteiger partial charge in [-0.2, -0.15) is 0 Å². The Morgan fingerprint density at radius 1 is 1.23 bits per heavy atom.